The first kappa shape index (κ1) is 14.4. The van der Waals surface area contributed by atoms with Crippen molar-refractivity contribution in [2.45, 2.75) is 19.8 Å². The molecule has 0 aliphatic carbocycles. The van der Waals surface area contributed by atoms with Crippen LogP contribution in [0.15, 0.2) is 24.3 Å². The fourth-order valence-electron chi connectivity index (χ4n) is 2.49. The fraction of sp³-hybridized carbons (Fsp3) is 0.467. The van der Waals surface area contributed by atoms with Crippen LogP contribution in [0.4, 0.5) is 5.69 Å². The SMILES string of the molecule is CCNC(=O)c1cccc(N2CCC(C(=O)O)CC2)c1. The van der Waals surface area contributed by atoms with Gasteiger partial charge in [-0.1, -0.05) is 6.07 Å². The summed E-state index contributed by atoms with van der Waals surface area (Å²) in [6.45, 7) is 3.93. The average Bonchev–Trinajstić information content (AvgIpc) is 2.48. The van der Waals surface area contributed by atoms with E-state index in [0.29, 0.717) is 24.9 Å². The molecular weight excluding hydrogens is 256 g/mol. The zero-order valence-electron chi connectivity index (χ0n) is 11.6. The van der Waals surface area contributed by atoms with Gasteiger partial charge in [-0.3, -0.25) is 9.59 Å². The largest absolute Gasteiger partial charge is 0.481 e. The maximum absolute atomic E-state index is 11.8. The normalized spacial score (nSPS) is 15.9. The second kappa shape index (κ2) is 6.41. The Morgan fingerprint density at radius 2 is 2.05 bits per heavy atom. The highest BCUT2D eigenvalue weighted by Gasteiger charge is 2.24. The minimum atomic E-state index is -0.708. The van der Waals surface area contributed by atoms with E-state index in [1.807, 2.05) is 25.1 Å². The number of hydrogen-bond acceptors (Lipinski definition) is 3. The molecule has 1 aromatic rings. The van der Waals surface area contributed by atoms with Crippen molar-refractivity contribution in [3.63, 3.8) is 0 Å². The van der Waals surface area contributed by atoms with E-state index in [0.717, 1.165) is 18.8 Å². The highest BCUT2D eigenvalue weighted by atomic mass is 16.4. The molecule has 1 saturated heterocycles. The maximum Gasteiger partial charge on any atom is 0.306 e. The molecule has 1 aromatic carbocycles. The van der Waals surface area contributed by atoms with Crippen molar-refractivity contribution in [3.8, 4) is 0 Å². The predicted molar refractivity (Wildman–Crippen MR) is 77.0 cm³/mol. The molecule has 20 heavy (non-hydrogen) atoms. The Labute approximate surface area is 118 Å². The Morgan fingerprint density at radius 1 is 1.35 bits per heavy atom. The number of hydrogen-bond donors (Lipinski definition) is 2. The van der Waals surface area contributed by atoms with E-state index in [-0.39, 0.29) is 11.8 Å². The van der Waals surface area contributed by atoms with Crippen molar-refractivity contribution in [2.24, 2.45) is 5.92 Å². The fourth-order valence-corrected chi connectivity index (χ4v) is 2.49. The smallest absolute Gasteiger partial charge is 0.306 e. The van der Waals surface area contributed by atoms with Crippen LogP contribution in [-0.2, 0) is 4.79 Å². The number of anilines is 1. The molecule has 1 heterocycles. The monoisotopic (exact) mass is 276 g/mol. The minimum absolute atomic E-state index is 0.0743. The molecule has 0 atom stereocenters. The molecule has 2 rings (SSSR count). The molecule has 0 bridgehead atoms. The number of carboxylic acid groups (broad SMARTS) is 1. The van der Waals surface area contributed by atoms with E-state index in [1.165, 1.54) is 0 Å². The van der Waals surface area contributed by atoms with Gasteiger partial charge in [-0.25, -0.2) is 0 Å². The topological polar surface area (TPSA) is 69.6 Å². The number of carbonyl (C=O) groups is 2. The summed E-state index contributed by atoms with van der Waals surface area (Å²) < 4.78 is 0. The van der Waals surface area contributed by atoms with Crippen molar-refractivity contribution in [1.82, 2.24) is 5.32 Å². The van der Waals surface area contributed by atoms with Crippen LogP contribution >= 0.6 is 0 Å². The van der Waals surface area contributed by atoms with Gasteiger partial charge in [0.05, 0.1) is 5.92 Å². The van der Waals surface area contributed by atoms with Gasteiger partial charge in [0.25, 0.3) is 5.91 Å². The van der Waals surface area contributed by atoms with Gasteiger partial charge < -0.3 is 15.3 Å². The quantitative estimate of drug-likeness (QED) is 0.879. The number of aliphatic carboxylic acids is 1. The molecule has 0 radical (unpaired) electrons. The molecule has 1 aliphatic rings. The Kier molecular flexibility index (Phi) is 4.61. The highest BCUT2D eigenvalue weighted by molar-refractivity contribution is 5.95. The van der Waals surface area contributed by atoms with Crippen LogP contribution in [0.5, 0.6) is 0 Å². The van der Waals surface area contributed by atoms with Crippen molar-refractivity contribution in [1.29, 1.82) is 0 Å². The van der Waals surface area contributed by atoms with E-state index >= 15 is 0 Å². The summed E-state index contributed by atoms with van der Waals surface area (Å²) in [5.74, 6) is -1.02. The Morgan fingerprint density at radius 3 is 2.65 bits per heavy atom. The summed E-state index contributed by atoms with van der Waals surface area (Å²) >= 11 is 0. The van der Waals surface area contributed by atoms with E-state index < -0.39 is 5.97 Å². The first-order chi connectivity index (χ1) is 9.61. The lowest BCUT2D eigenvalue weighted by molar-refractivity contribution is -0.142. The lowest BCUT2D eigenvalue weighted by atomic mass is 9.96. The van der Waals surface area contributed by atoms with E-state index in [4.69, 9.17) is 5.11 Å². The van der Waals surface area contributed by atoms with Crippen LogP contribution in [0, 0.1) is 5.92 Å². The van der Waals surface area contributed by atoms with Crippen molar-refractivity contribution < 1.29 is 14.7 Å². The van der Waals surface area contributed by atoms with Gasteiger partial charge in [0.1, 0.15) is 0 Å². The molecule has 0 saturated carbocycles. The molecule has 5 heteroatoms. The van der Waals surface area contributed by atoms with Crippen molar-refractivity contribution in [2.75, 3.05) is 24.5 Å². The third kappa shape index (κ3) is 3.29. The first-order valence-corrected chi connectivity index (χ1v) is 6.98. The molecule has 2 N–H and O–H groups in total. The summed E-state index contributed by atoms with van der Waals surface area (Å²) in [7, 11) is 0. The first-order valence-electron chi connectivity index (χ1n) is 6.98. The molecular formula is C15H20N2O3. The molecule has 5 nitrogen and oxygen atoms in total. The molecule has 0 aromatic heterocycles. The van der Waals surface area contributed by atoms with E-state index in [2.05, 4.69) is 10.2 Å². The second-order valence-corrected chi connectivity index (χ2v) is 5.01. The maximum atomic E-state index is 11.8. The molecule has 108 valence electrons. The summed E-state index contributed by atoms with van der Waals surface area (Å²) in [6.07, 6.45) is 1.31. The summed E-state index contributed by atoms with van der Waals surface area (Å²) in [5.41, 5.74) is 1.63. The van der Waals surface area contributed by atoms with Gasteiger partial charge in [-0.05, 0) is 38.0 Å². The molecule has 0 unspecified atom stereocenters. The standard InChI is InChI=1S/C15H20N2O3/c1-2-16-14(18)12-4-3-5-13(10-12)17-8-6-11(7-9-17)15(19)20/h3-5,10-11H,2,6-9H2,1H3,(H,16,18)(H,19,20). The number of nitrogens with one attached hydrogen (secondary N) is 1. The van der Waals surface area contributed by atoms with Crippen LogP contribution in [-0.4, -0.2) is 36.6 Å². The Balaban J connectivity index is 2.05. The molecule has 1 fully saturated rings. The number of piperidine rings is 1. The third-order valence-electron chi connectivity index (χ3n) is 3.66. The number of benzene rings is 1. The van der Waals surface area contributed by atoms with Gasteiger partial charge in [-0.15, -0.1) is 0 Å². The highest BCUT2D eigenvalue weighted by Crippen LogP contribution is 2.24. The van der Waals surface area contributed by atoms with Crippen LogP contribution in [0.25, 0.3) is 0 Å². The average molecular weight is 276 g/mol. The lowest BCUT2D eigenvalue weighted by Gasteiger charge is -2.32. The van der Waals surface area contributed by atoms with Gasteiger partial charge >= 0.3 is 5.97 Å². The number of rotatable bonds is 4. The van der Waals surface area contributed by atoms with Crippen LogP contribution in [0.3, 0.4) is 0 Å². The zero-order chi connectivity index (χ0) is 14.5. The van der Waals surface area contributed by atoms with Crippen LogP contribution in [0.2, 0.25) is 0 Å². The number of carbonyl (C=O) groups excluding carboxylic acids is 1. The lowest BCUT2D eigenvalue weighted by Crippen LogP contribution is -2.36. The van der Waals surface area contributed by atoms with Crippen LogP contribution < -0.4 is 10.2 Å². The number of amides is 1. The van der Waals surface area contributed by atoms with E-state index in [1.54, 1.807) is 6.07 Å². The third-order valence-corrected chi connectivity index (χ3v) is 3.66. The second-order valence-electron chi connectivity index (χ2n) is 5.01. The van der Waals surface area contributed by atoms with Crippen molar-refractivity contribution >= 4 is 17.6 Å². The zero-order valence-corrected chi connectivity index (χ0v) is 11.6. The summed E-state index contributed by atoms with van der Waals surface area (Å²) in [4.78, 5) is 24.9. The van der Waals surface area contributed by atoms with Crippen LogP contribution in [0.1, 0.15) is 30.1 Å². The van der Waals surface area contributed by atoms with Gasteiger partial charge in [0.15, 0.2) is 0 Å². The molecule has 0 spiro atoms. The van der Waals surface area contributed by atoms with Gasteiger partial charge in [-0.2, -0.15) is 0 Å². The predicted octanol–water partition coefficient (Wildman–Crippen LogP) is 1.74. The molecule has 1 aliphatic heterocycles. The number of carboxylic acids is 1. The van der Waals surface area contributed by atoms with Crippen molar-refractivity contribution in [3.05, 3.63) is 29.8 Å². The summed E-state index contributed by atoms with van der Waals surface area (Å²) in [5, 5.41) is 11.8. The number of nitrogens with zero attached hydrogens (tertiary/aromatic N) is 1. The Hall–Kier alpha value is -2.04. The van der Waals surface area contributed by atoms with E-state index in [9.17, 15) is 9.59 Å². The van der Waals surface area contributed by atoms with Gasteiger partial charge in [0, 0.05) is 30.9 Å². The Bertz CT molecular complexity index is 494. The van der Waals surface area contributed by atoms with Gasteiger partial charge in [0.2, 0.25) is 0 Å². The molecule has 1 amide bonds. The minimum Gasteiger partial charge on any atom is -0.481 e. The summed E-state index contributed by atoms with van der Waals surface area (Å²) in [6, 6.07) is 7.48.